The summed E-state index contributed by atoms with van der Waals surface area (Å²) in [7, 11) is 0. The number of nitriles is 1. The minimum atomic E-state index is -0.246. The number of benzene rings is 1. The number of piperazine rings is 1. The van der Waals surface area contributed by atoms with Gasteiger partial charge in [0, 0.05) is 87.7 Å². The summed E-state index contributed by atoms with van der Waals surface area (Å²) >= 11 is 1.63. The molecule has 15 heteroatoms. The Morgan fingerprint density at radius 1 is 1.05 bits per heavy atom. The molecule has 5 aliphatic rings. The predicted molar refractivity (Wildman–Crippen MR) is 226 cm³/mol. The van der Waals surface area contributed by atoms with Gasteiger partial charge in [-0.1, -0.05) is 23.5 Å². The summed E-state index contributed by atoms with van der Waals surface area (Å²) < 4.78 is 7.41. The minimum absolute atomic E-state index is 0.177. The van der Waals surface area contributed by atoms with Crippen molar-refractivity contribution >= 4 is 52.5 Å². The third-order valence-corrected chi connectivity index (χ3v) is 13.6. The van der Waals surface area contributed by atoms with Crippen molar-refractivity contribution in [3.05, 3.63) is 65.5 Å². The van der Waals surface area contributed by atoms with Crippen LogP contribution in [0.25, 0.3) is 28.0 Å². The molecule has 2 bridgehead atoms. The number of imide groups is 1. The van der Waals surface area contributed by atoms with Crippen molar-refractivity contribution < 1.29 is 14.3 Å². The highest BCUT2D eigenvalue weighted by Gasteiger charge is 2.42. The van der Waals surface area contributed by atoms with Crippen LogP contribution >= 0.6 is 11.3 Å². The van der Waals surface area contributed by atoms with E-state index in [9.17, 15) is 14.9 Å². The van der Waals surface area contributed by atoms with E-state index in [-0.39, 0.29) is 23.8 Å². The highest BCUT2D eigenvalue weighted by molar-refractivity contribution is 7.18. The maximum Gasteiger partial charge on any atom is 0.234 e. The molecule has 5 fully saturated rings. The first-order valence-corrected chi connectivity index (χ1v) is 21.3. The Morgan fingerprint density at radius 3 is 2.55 bits per heavy atom. The summed E-state index contributed by atoms with van der Waals surface area (Å²) in [5.74, 6) is 0.0629. The summed E-state index contributed by atoms with van der Waals surface area (Å²) in [6, 6.07) is 17.7. The second-order valence-corrected chi connectivity index (χ2v) is 17.2. The summed E-state index contributed by atoms with van der Waals surface area (Å²) in [6.07, 6.45) is 10.3. The Balaban J connectivity index is 0.841. The molecule has 2 amide bonds. The smallest absolute Gasteiger partial charge is 0.234 e. The van der Waals surface area contributed by atoms with Gasteiger partial charge in [-0.15, -0.1) is 10.2 Å². The quantitative estimate of drug-likeness (QED) is 0.108. The second-order valence-electron chi connectivity index (χ2n) is 16.3. The van der Waals surface area contributed by atoms with Gasteiger partial charge in [-0.2, -0.15) is 10.4 Å². The average molecular weight is 800 g/mol. The van der Waals surface area contributed by atoms with E-state index in [4.69, 9.17) is 19.9 Å². The molecule has 1 aromatic carbocycles. The fraction of sp³-hybridized carbons (Fsp3) is 0.465. The van der Waals surface area contributed by atoms with E-state index in [0.717, 1.165) is 89.8 Å². The van der Waals surface area contributed by atoms with Crippen LogP contribution in [0.15, 0.2) is 59.3 Å². The van der Waals surface area contributed by atoms with Crippen LogP contribution in [0, 0.1) is 17.2 Å². The molecule has 0 spiro atoms. The number of rotatable bonds is 11. The third kappa shape index (κ3) is 7.76. The molecule has 0 saturated carbocycles. The molecule has 300 valence electrons. The van der Waals surface area contributed by atoms with E-state index in [2.05, 4.69) is 67.5 Å². The molecule has 5 saturated heterocycles. The lowest BCUT2D eigenvalue weighted by atomic mass is 9.90. The van der Waals surface area contributed by atoms with Crippen LogP contribution in [0.5, 0.6) is 0 Å². The number of hydrogen-bond acceptors (Lipinski definition) is 13. The molecule has 3 aromatic heterocycles. The Kier molecular flexibility index (Phi) is 10.8. The van der Waals surface area contributed by atoms with Crippen molar-refractivity contribution in [1.29, 1.82) is 5.26 Å². The molecule has 2 N–H and O–H groups in total. The summed E-state index contributed by atoms with van der Waals surface area (Å²) in [6.45, 7) is 12.0. The number of hydrogen-bond donors (Lipinski definition) is 2. The maximum absolute atomic E-state index is 12.4. The lowest BCUT2D eigenvalue weighted by Gasteiger charge is -2.43. The molecule has 4 atom stereocenters. The van der Waals surface area contributed by atoms with Gasteiger partial charge < -0.3 is 19.9 Å². The highest BCUT2D eigenvalue weighted by Crippen LogP contribution is 2.40. The molecular formula is C43H49N11O3S. The monoisotopic (exact) mass is 799 g/mol. The van der Waals surface area contributed by atoms with Crippen molar-refractivity contribution in [1.82, 2.24) is 30.1 Å². The summed E-state index contributed by atoms with van der Waals surface area (Å²) in [4.78, 5) is 36.5. The van der Waals surface area contributed by atoms with Gasteiger partial charge >= 0.3 is 0 Å². The Hall–Kier alpha value is -5.43. The van der Waals surface area contributed by atoms with Gasteiger partial charge in [0.05, 0.1) is 47.3 Å². The molecule has 0 radical (unpaired) electrons. The van der Waals surface area contributed by atoms with E-state index < -0.39 is 0 Å². The molecule has 2 unspecified atom stereocenters. The normalized spacial score (nSPS) is 24.2. The molecule has 14 nitrogen and oxygen atoms in total. The largest absolute Gasteiger partial charge is 0.379 e. The summed E-state index contributed by atoms with van der Waals surface area (Å²) in [5, 5.41) is 31.0. The predicted octanol–water partition coefficient (Wildman–Crippen LogP) is 5.75. The summed E-state index contributed by atoms with van der Waals surface area (Å²) in [5.41, 5.74) is 6.86. The standard InChI is InChI=1S/C43H49N11O3S/c1-27(21-44)19-32-9-11-39(54(32)45-2)38-20-37(47-30-15-18-57-26-30)36(22-46-38)42-49-50-43(58-42)52-24-33-7-8-34(25-52)53(33)23-28-13-16-51(17-14-28)31-5-3-29(4-6-31)35-10-12-40(55)48-41(35)56/h3-6,9,11,19-20,22,28,30,33-35H,2,7-8,10,12-18,23-26H2,1H3,(H,46,47)(H,48,55,56)/b27-19+/t30-,33?,34?,35-/m1/s1. The van der Waals surface area contributed by atoms with E-state index in [1.54, 1.807) is 29.0 Å². The Morgan fingerprint density at radius 2 is 1.84 bits per heavy atom. The zero-order chi connectivity index (χ0) is 39.8. The van der Waals surface area contributed by atoms with E-state index in [0.29, 0.717) is 43.0 Å². The van der Waals surface area contributed by atoms with Crippen molar-refractivity contribution in [3.8, 4) is 28.0 Å². The minimum Gasteiger partial charge on any atom is -0.379 e. The molecule has 0 aliphatic carbocycles. The number of nitrogens with zero attached hydrogens (tertiary/aromatic N) is 9. The van der Waals surface area contributed by atoms with Crippen LogP contribution < -0.4 is 20.4 Å². The number of ether oxygens (including phenoxy) is 1. The number of carbonyl (C=O) groups is 2. The fourth-order valence-electron chi connectivity index (χ4n) is 9.41. The Bertz CT molecular complexity index is 2230. The SMILES string of the molecule is C=Nn1c(/C=C(\C)C#N)ccc1-c1cc(N[C@@H]2CCOC2)c(-c2nnc(N3CC4CCC(C3)N4CC3CCN(c4ccc([C@H]5CCC(=O)NC5=O)cc4)CC3)s2)cn1. The third-order valence-electron chi connectivity index (χ3n) is 12.6. The molecule has 8 heterocycles. The molecule has 58 heavy (non-hydrogen) atoms. The van der Waals surface area contributed by atoms with E-state index >= 15 is 0 Å². The van der Waals surface area contributed by atoms with Gasteiger partial charge in [0.15, 0.2) is 5.01 Å². The number of carbonyl (C=O) groups excluding carboxylic acids is 2. The fourth-order valence-corrected chi connectivity index (χ4v) is 10.3. The average Bonchev–Trinajstić information content (AvgIpc) is 4.06. The molecule has 9 rings (SSSR count). The number of anilines is 3. The second kappa shape index (κ2) is 16.4. The Labute approximate surface area is 342 Å². The lowest BCUT2D eigenvalue weighted by Crippen LogP contribution is -2.55. The van der Waals surface area contributed by atoms with Gasteiger partial charge in [0.25, 0.3) is 0 Å². The zero-order valence-electron chi connectivity index (χ0n) is 32.8. The first-order valence-electron chi connectivity index (χ1n) is 20.5. The number of fused-ring (bicyclic) bond motifs is 2. The van der Waals surface area contributed by atoms with Crippen molar-refractivity contribution in [2.75, 3.05) is 61.1 Å². The number of pyridine rings is 1. The topological polar surface area (TPSA) is 157 Å². The van der Waals surface area contributed by atoms with Crippen LogP contribution in [0.4, 0.5) is 16.5 Å². The van der Waals surface area contributed by atoms with Crippen LogP contribution in [-0.2, 0) is 14.3 Å². The number of amides is 2. The number of piperidine rings is 2. The van der Waals surface area contributed by atoms with Gasteiger partial charge in [-0.05, 0) is 93.3 Å². The van der Waals surface area contributed by atoms with Crippen LogP contribution in [0.2, 0.25) is 0 Å². The van der Waals surface area contributed by atoms with Gasteiger partial charge in [-0.25, -0.2) is 4.68 Å². The number of allylic oxidation sites excluding steroid dienone is 1. The first kappa shape index (κ1) is 38.1. The van der Waals surface area contributed by atoms with Gasteiger partial charge in [-0.3, -0.25) is 24.8 Å². The highest BCUT2D eigenvalue weighted by atomic mass is 32.1. The maximum atomic E-state index is 12.4. The van der Waals surface area contributed by atoms with E-state index in [1.807, 2.05) is 24.4 Å². The van der Waals surface area contributed by atoms with Crippen molar-refractivity contribution in [3.63, 3.8) is 0 Å². The van der Waals surface area contributed by atoms with Crippen LogP contribution in [-0.4, -0.2) is 107 Å². The van der Waals surface area contributed by atoms with Crippen LogP contribution in [0.1, 0.15) is 69.0 Å². The van der Waals surface area contributed by atoms with Crippen LogP contribution in [0.3, 0.4) is 0 Å². The molecule has 5 aliphatic heterocycles. The van der Waals surface area contributed by atoms with E-state index in [1.165, 1.54) is 31.4 Å². The van der Waals surface area contributed by atoms with Crippen molar-refractivity contribution in [2.24, 2.45) is 11.0 Å². The lowest BCUT2D eigenvalue weighted by molar-refractivity contribution is -0.134. The molecule has 4 aromatic rings. The number of aromatic nitrogens is 4. The van der Waals surface area contributed by atoms with Crippen molar-refractivity contribution in [2.45, 2.75) is 75.9 Å². The first-order chi connectivity index (χ1) is 28.3. The van der Waals surface area contributed by atoms with Gasteiger partial charge in [0.2, 0.25) is 16.9 Å². The number of nitrogens with one attached hydrogen (secondary N) is 2. The van der Waals surface area contributed by atoms with Gasteiger partial charge in [0.1, 0.15) is 0 Å². The zero-order valence-corrected chi connectivity index (χ0v) is 33.7. The molecular weight excluding hydrogens is 751 g/mol.